The lowest BCUT2D eigenvalue weighted by Crippen LogP contribution is -2.36. The lowest BCUT2D eigenvalue weighted by molar-refractivity contribution is 0.278. The van der Waals surface area contributed by atoms with Gasteiger partial charge in [-0.3, -0.25) is 0 Å². The Morgan fingerprint density at radius 3 is 2.70 bits per heavy atom. The second-order valence-corrected chi connectivity index (χ2v) is 7.27. The summed E-state index contributed by atoms with van der Waals surface area (Å²) in [5, 5.41) is 3.22. The molecule has 0 amide bonds. The van der Waals surface area contributed by atoms with Gasteiger partial charge in [0.1, 0.15) is 0 Å². The van der Waals surface area contributed by atoms with E-state index in [1.807, 2.05) is 13.1 Å². The molecular formula is C14H23N3O2S. The topological polar surface area (TPSA) is 61.4 Å². The predicted molar refractivity (Wildman–Crippen MR) is 79.9 cm³/mol. The molecule has 1 aliphatic rings. The molecule has 0 bridgehead atoms. The molecule has 0 saturated heterocycles. The van der Waals surface area contributed by atoms with Gasteiger partial charge in [0.15, 0.2) is 0 Å². The molecule has 0 radical (unpaired) electrons. The fraction of sp³-hybridized carbons (Fsp3) is 0.571. The highest BCUT2D eigenvalue weighted by Crippen LogP contribution is 2.19. The van der Waals surface area contributed by atoms with Crippen LogP contribution in [0.1, 0.15) is 25.0 Å². The van der Waals surface area contributed by atoms with Gasteiger partial charge in [0.2, 0.25) is 10.0 Å². The first-order valence-electron chi connectivity index (χ1n) is 6.92. The van der Waals surface area contributed by atoms with Crippen LogP contribution in [-0.4, -0.2) is 39.5 Å². The number of hydrogen-bond donors (Lipinski definition) is 2. The maximum absolute atomic E-state index is 12.2. The largest absolute Gasteiger partial charge is 0.309 e. The quantitative estimate of drug-likeness (QED) is 0.819. The van der Waals surface area contributed by atoms with E-state index >= 15 is 0 Å². The van der Waals surface area contributed by atoms with Gasteiger partial charge in [-0.05, 0) is 44.2 Å². The van der Waals surface area contributed by atoms with Crippen molar-refractivity contribution >= 4 is 10.0 Å². The fourth-order valence-electron chi connectivity index (χ4n) is 2.14. The summed E-state index contributed by atoms with van der Waals surface area (Å²) in [5.74, 6) is 0. The number of hydrogen-bond acceptors (Lipinski definition) is 4. The van der Waals surface area contributed by atoms with Crippen molar-refractivity contribution in [1.29, 1.82) is 0 Å². The normalized spacial score (nSPS) is 15.1. The van der Waals surface area contributed by atoms with E-state index in [1.54, 1.807) is 12.1 Å². The summed E-state index contributed by atoms with van der Waals surface area (Å²) >= 11 is 0. The molecule has 1 aromatic carbocycles. The number of likely N-dealkylation sites (N-methyl/N-ethyl adjacent to an activating group) is 1. The van der Waals surface area contributed by atoms with Crippen molar-refractivity contribution in [2.24, 2.45) is 0 Å². The Balaban J connectivity index is 2.00. The van der Waals surface area contributed by atoms with E-state index in [1.165, 1.54) is 5.56 Å². The van der Waals surface area contributed by atoms with Gasteiger partial charge in [-0.25, -0.2) is 13.1 Å². The minimum atomic E-state index is -3.41. The highest BCUT2D eigenvalue weighted by Gasteiger charge is 2.18. The van der Waals surface area contributed by atoms with Crippen LogP contribution in [0.25, 0.3) is 0 Å². The first-order valence-corrected chi connectivity index (χ1v) is 8.41. The van der Waals surface area contributed by atoms with Crippen LogP contribution in [0.2, 0.25) is 0 Å². The van der Waals surface area contributed by atoms with Gasteiger partial charge in [0, 0.05) is 32.2 Å². The molecule has 0 atom stereocenters. The van der Waals surface area contributed by atoms with E-state index in [-0.39, 0.29) is 0 Å². The summed E-state index contributed by atoms with van der Waals surface area (Å²) in [6.07, 6.45) is 0. The lowest BCUT2D eigenvalue weighted by Gasteiger charge is -2.20. The van der Waals surface area contributed by atoms with E-state index in [4.69, 9.17) is 0 Å². The Kier molecular flexibility index (Phi) is 4.80. The van der Waals surface area contributed by atoms with Crippen LogP contribution in [0.4, 0.5) is 0 Å². The van der Waals surface area contributed by atoms with E-state index in [9.17, 15) is 8.42 Å². The Hall–Kier alpha value is -0.950. The molecule has 0 aromatic heterocycles. The number of rotatable bonds is 6. The standard InChI is InChI=1S/C14H23N3O2S/c1-11(2)17(3)7-6-16-20(18,19)14-5-4-12-9-15-10-13(12)8-14/h4-5,8,11,15-16H,6-7,9-10H2,1-3H3. The molecule has 112 valence electrons. The minimum Gasteiger partial charge on any atom is -0.309 e. The molecule has 1 heterocycles. The minimum absolute atomic E-state index is 0.354. The maximum Gasteiger partial charge on any atom is 0.240 e. The van der Waals surface area contributed by atoms with Gasteiger partial charge in [-0.1, -0.05) is 6.07 Å². The van der Waals surface area contributed by atoms with Crippen molar-refractivity contribution in [3.8, 4) is 0 Å². The van der Waals surface area contributed by atoms with Crippen LogP contribution in [0, 0.1) is 0 Å². The summed E-state index contributed by atoms with van der Waals surface area (Å²) in [4.78, 5) is 2.46. The highest BCUT2D eigenvalue weighted by molar-refractivity contribution is 7.89. The molecule has 0 spiro atoms. The third kappa shape index (κ3) is 3.58. The van der Waals surface area contributed by atoms with E-state index in [2.05, 4.69) is 28.8 Å². The third-order valence-electron chi connectivity index (χ3n) is 3.76. The summed E-state index contributed by atoms with van der Waals surface area (Å²) in [6.45, 7) is 6.86. The Morgan fingerprint density at radius 2 is 2.00 bits per heavy atom. The average molecular weight is 297 g/mol. The average Bonchev–Trinajstić information content (AvgIpc) is 2.85. The zero-order valence-electron chi connectivity index (χ0n) is 12.3. The van der Waals surface area contributed by atoms with Crippen LogP contribution < -0.4 is 10.0 Å². The Labute approximate surface area is 121 Å². The molecule has 20 heavy (non-hydrogen) atoms. The Bertz CT molecular complexity index is 570. The number of sulfonamides is 1. The molecule has 2 N–H and O–H groups in total. The molecule has 0 aliphatic carbocycles. The highest BCUT2D eigenvalue weighted by atomic mass is 32.2. The number of fused-ring (bicyclic) bond motifs is 1. The molecule has 6 heteroatoms. The molecule has 1 aromatic rings. The van der Waals surface area contributed by atoms with Crippen LogP contribution >= 0.6 is 0 Å². The van der Waals surface area contributed by atoms with Crippen molar-refractivity contribution in [2.45, 2.75) is 37.9 Å². The van der Waals surface area contributed by atoms with Crippen molar-refractivity contribution in [1.82, 2.24) is 14.9 Å². The van der Waals surface area contributed by atoms with Crippen molar-refractivity contribution in [3.63, 3.8) is 0 Å². The number of benzene rings is 1. The van der Waals surface area contributed by atoms with E-state index in [0.717, 1.165) is 18.7 Å². The van der Waals surface area contributed by atoms with Crippen LogP contribution in [0.15, 0.2) is 23.1 Å². The first-order chi connectivity index (χ1) is 9.40. The van der Waals surface area contributed by atoms with Crippen LogP contribution in [0.3, 0.4) is 0 Å². The van der Waals surface area contributed by atoms with Gasteiger partial charge < -0.3 is 10.2 Å². The summed E-state index contributed by atoms with van der Waals surface area (Å²) in [5.41, 5.74) is 2.26. The van der Waals surface area contributed by atoms with Crippen molar-refractivity contribution < 1.29 is 8.42 Å². The van der Waals surface area contributed by atoms with Crippen LogP contribution in [-0.2, 0) is 23.1 Å². The summed E-state index contributed by atoms with van der Waals surface area (Å²) in [6, 6.07) is 5.75. The second-order valence-electron chi connectivity index (χ2n) is 5.51. The molecule has 2 rings (SSSR count). The maximum atomic E-state index is 12.2. The Morgan fingerprint density at radius 1 is 1.30 bits per heavy atom. The molecule has 0 unspecified atom stereocenters. The smallest absolute Gasteiger partial charge is 0.240 e. The first kappa shape index (κ1) is 15.4. The van der Waals surface area contributed by atoms with E-state index < -0.39 is 10.0 Å². The van der Waals surface area contributed by atoms with Gasteiger partial charge in [-0.2, -0.15) is 0 Å². The molecule has 1 aliphatic heterocycles. The summed E-state index contributed by atoms with van der Waals surface area (Å²) < 4.78 is 27.1. The number of nitrogens with one attached hydrogen (secondary N) is 2. The van der Waals surface area contributed by atoms with Crippen molar-refractivity contribution in [3.05, 3.63) is 29.3 Å². The zero-order chi connectivity index (χ0) is 14.8. The zero-order valence-corrected chi connectivity index (χ0v) is 13.1. The second kappa shape index (κ2) is 6.22. The summed E-state index contributed by atoms with van der Waals surface area (Å²) in [7, 11) is -1.42. The number of nitrogens with zero attached hydrogens (tertiary/aromatic N) is 1. The molecular weight excluding hydrogens is 274 g/mol. The SMILES string of the molecule is CC(C)N(C)CCNS(=O)(=O)c1ccc2c(c1)CNC2. The van der Waals surface area contributed by atoms with Gasteiger partial charge in [0.25, 0.3) is 0 Å². The van der Waals surface area contributed by atoms with Gasteiger partial charge >= 0.3 is 0 Å². The predicted octanol–water partition coefficient (Wildman–Crippen LogP) is 0.908. The van der Waals surface area contributed by atoms with Gasteiger partial charge in [-0.15, -0.1) is 0 Å². The van der Waals surface area contributed by atoms with Gasteiger partial charge in [0.05, 0.1) is 4.90 Å². The van der Waals surface area contributed by atoms with Crippen LogP contribution in [0.5, 0.6) is 0 Å². The van der Waals surface area contributed by atoms with E-state index in [0.29, 0.717) is 24.0 Å². The lowest BCUT2D eigenvalue weighted by atomic mass is 10.1. The molecule has 5 nitrogen and oxygen atoms in total. The fourth-order valence-corrected chi connectivity index (χ4v) is 3.21. The molecule has 0 fully saturated rings. The monoisotopic (exact) mass is 297 g/mol. The van der Waals surface area contributed by atoms with Crippen molar-refractivity contribution in [2.75, 3.05) is 20.1 Å². The third-order valence-corrected chi connectivity index (χ3v) is 5.22. The molecule has 0 saturated carbocycles.